The van der Waals surface area contributed by atoms with Crippen molar-refractivity contribution in [2.75, 3.05) is 5.73 Å². The molecule has 0 aliphatic carbocycles. The summed E-state index contributed by atoms with van der Waals surface area (Å²) in [6, 6.07) is 3.87. The monoisotopic (exact) mass is 270 g/mol. The molecule has 0 saturated heterocycles. The number of hydrogen-bond donors (Lipinski definition) is 1. The van der Waals surface area contributed by atoms with E-state index < -0.39 is 0 Å². The Hall–Kier alpha value is -0.800. The Bertz CT molecular complexity index is 511. The first-order valence-corrected chi connectivity index (χ1v) is 5.27. The zero-order valence-electron chi connectivity index (χ0n) is 7.51. The number of halogens is 2. The van der Waals surface area contributed by atoms with Crippen molar-refractivity contribution in [1.29, 1.82) is 0 Å². The minimum atomic E-state index is 0.481. The van der Waals surface area contributed by atoms with Gasteiger partial charge in [0.2, 0.25) is 0 Å². The molecule has 0 fully saturated rings. The van der Waals surface area contributed by atoms with Gasteiger partial charge in [-0.2, -0.15) is 0 Å². The van der Waals surface area contributed by atoms with Crippen LogP contribution in [0.4, 0.5) is 5.69 Å². The van der Waals surface area contributed by atoms with Gasteiger partial charge in [-0.15, -0.1) is 0 Å². The van der Waals surface area contributed by atoms with E-state index in [1.807, 2.05) is 19.1 Å². The van der Waals surface area contributed by atoms with Gasteiger partial charge < -0.3 is 5.73 Å². The lowest BCUT2D eigenvalue weighted by Crippen LogP contribution is -1.93. The SMILES string of the molecule is Cc1ccc2c(Cl)ncc(Br)c2c1N. The Morgan fingerprint density at radius 1 is 1.43 bits per heavy atom. The van der Waals surface area contributed by atoms with Gasteiger partial charge in [0, 0.05) is 27.1 Å². The van der Waals surface area contributed by atoms with Crippen LogP contribution in [0.15, 0.2) is 22.8 Å². The number of fused-ring (bicyclic) bond motifs is 1. The lowest BCUT2D eigenvalue weighted by atomic mass is 10.1. The second kappa shape index (κ2) is 3.41. The number of nitrogen functional groups attached to an aromatic ring is 1. The first-order valence-electron chi connectivity index (χ1n) is 4.10. The maximum absolute atomic E-state index is 5.97. The average Bonchev–Trinajstić information content (AvgIpc) is 2.16. The average molecular weight is 272 g/mol. The molecular formula is C10H8BrClN2. The second-order valence-corrected chi connectivity index (χ2v) is 4.33. The van der Waals surface area contributed by atoms with Crippen LogP contribution in [0.5, 0.6) is 0 Å². The van der Waals surface area contributed by atoms with E-state index in [1.54, 1.807) is 6.20 Å². The van der Waals surface area contributed by atoms with E-state index in [0.29, 0.717) is 5.15 Å². The Morgan fingerprint density at radius 2 is 2.14 bits per heavy atom. The molecule has 72 valence electrons. The predicted octanol–water partition coefficient (Wildman–Crippen LogP) is 3.54. The molecule has 2 nitrogen and oxygen atoms in total. The number of nitrogens with zero attached hydrogens (tertiary/aromatic N) is 1. The molecule has 1 aromatic carbocycles. The van der Waals surface area contributed by atoms with Crippen LogP contribution in [-0.4, -0.2) is 4.98 Å². The van der Waals surface area contributed by atoms with Gasteiger partial charge >= 0.3 is 0 Å². The van der Waals surface area contributed by atoms with Crippen LogP contribution in [0.25, 0.3) is 10.8 Å². The van der Waals surface area contributed by atoms with Gasteiger partial charge in [-0.1, -0.05) is 23.7 Å². The van der Waals surface area contributed by atoms with Gasteiger partial charge in [0.05, 0.1) is 0 Å². The van der Waals surface area contributed by atoms with Crippen LogP contribution in [0, 0.1) is 6.92 Å². The van der Waals surface area contributed by atoms with E-state index in [-0.39, 0.29) is 0 Å². The third-order valence-corrected chi connectivity index (χ3v) is 3.12. The van der Waals surface area contributed by atoms with Gasteiger partial charge in [-0.25, -0.2) is 4.98 Å². The second-order valence-electron chi connectivity index (χ2n) is 3.12. The van der Waals surface area contributed by atoms with Crippen LogP contribution < -0.4 is 5.73 Å². The molecule has 0 atom stereocenters. The summed E-state index contributed by atoms with van der Waals surface area (Å²) in [6.07, 6.45) is 1.67. The number of benzene rings is 1. The fourth-order valence-corrected chi connectivity index (χ4v) is 2.14. The zero-order chi connectivity index (χ0) is 10.3. The van der Waals surface area contributed by atoms with Crippen molar-refractivity contribution in [2.45, 2.75) is 6.92 Å². The number of pyridine rings is 1. The zero-order valence-corrected chi connectivity index (χ0v) is 9.85. The fraction of sp³-hybridized carbons (Fsp3) is 0.100. The van der Waals surface area contributed by atoms with Gasteiger partial charge in [-0.05, 0) is 28.4 Å². The van der Waals surface area contributed by atoms with Crippen LogP contribution in [0.1, 0.15) is 5.56 Å². The lowest BCUT2D eigenvalue weighted by molar-refractivity contribution is 1.34. The Balaban J connectivity index is 3.01. The highest BCUT2D eigenvalue weighted by molar-refractivity contribution is 9.10. The number of aromatic nitrogens is 1. The normalized spacial score (nSPS) is 10.8. The Labute approximate surface area is 95.2 Å². The van der Waals surface area contributed by atoms with Crippen molar-refractivity contribution in [3.8, 4) is 0 Å². The number of nitrogens with two attached hydrogens (primary N) is 1. The van der Waals surface area contributed by atoms with Crippen LogP contribution in [0.2, 0.25) is 5.15 Å². The summed E-state index contributed by atoms with van der Waals surface area (Å²) < 4.78 is 0.873. The number of aryl methyl sites for hydroxylation is 1. The maximum atomic E-state index is 5.97. The van der Waals surface area contributed by atoms with Gasteiger partial charge in [-0.3, -0.25) is 0 Å². The molecule has 4 heteroatoms. The molecule has 2 N–H and O–H groups in total. The molecule has 1 aromatic heterocycles. The van der Waals surface area contributed by atoms with Crippen LogP contribution in [-0.2, 0) is 0 Å². The molecule has 0 aliphatic heterocycles. The summed E-state index contributed by atoms with van der Waals surface area (Å²) in [7, 11) is 0. The minimum Gasteiger partial charge on any atom is -0.398 e. The van der Waals surface area contributed by atoms with Crippen LogP contribution >= 0.6 is 27.5 Å². The third kappa shape index (κ3) is 1.37. The molecule has 0 unspecified atom stereocenters. The summed E-state index contributed by atoms with van der Waals surface area (Å²) in [5.74, 6) is 0. The van der Waals surface area contributed by atoms with Gasteiger partial charge in [0.15, 0.2) is 0 Å². The first kappa shape index (κ1) is 9.74. The quantitative estimate of drug-likeness (QED) is 0.588. The summed E-state index contributed by atoms with van der Waals surface area (Å²) in [4.78, 5) is 4.04. The summed E-state index contributed by atoms with van der Waals surface area (Å²) >= 11 is 9.38. The molecule has 0 saturated carbocycles. The van der Waals surface area contributed by atoms with Crippen molar-refractivity contribution >= 4 is 44.0 Å². The standard InChI is InChI=1S/C10H8BrClN2/c1-5-2-3-6-8(9(5)13)7(11)4-14-10(6)12/h2-4H,13H2,1H3. The summed E-state index contributed by atoms with van der Waals surface area (Å²) in [5, 5.41) is 2.30. The van der Waals surface area contributed by atoms with Gasteiger partial charge in [0.25, 0.3) is 0 Å². The van der Waals surface area contributed by atoms with E-state index in [4.69, 9.17) is 17.3 Å². The van der Waals surface area contributed by atoms with E-state index in [2.05, 4.69) is 20.9 Å². The number of rotatable bonds is 0. The third-order valence-electron chi connectivity index (χ3n) is 2.22. The van der Waals surface area contributed by atoms with E-state index in [0.717, 1.165) is 26.5 Å². The highest BCUT2D eigenvalue weighted by Crippen LogP contribution is 2.33. The fourth-order valence-electron chi connectivity index (χ4n) is 1.40. The summed E-state index contributed by atoms with van der Waals surface area (Å²) in [6.45, 7) is 1.97. The number of hydrogen-bond acceptors (Lipinski definition) is 2. The largest absolute Gasteiger partial charge is 0.398 e. The molecule has 1 heterocycles. The van der Waals surface area contributed by atoms with Crippen molar-refractivity contribution < 1.29 is 0 Å². The molecular weight excluding hydrogens is 263 g/mol. The van der Waals surface area contributed by atoms with Crippen molar-refractivity contribution in [3.63, 3.8) is 0 Å². The smallest absolute Gasteiger partial charge is 0.136 e. The van der Waals surface area contributed by atoms with Gasteiger partial charge in [0.1, 0.15) is 5.15 Å². The highest BCUT2D eigenvalue weighted by atomic mass is 79.9. The Morgan fingerprint density at radius 3 is 2.86 bits per heavy atom. The molecule has 14 heavy (non-hydrogen) atoms. The minimum absolute atomic E-state index is 0.481. The van der Waals surface area contributed by atoms with Crippen molar-refractivity contribution in [2.24, 2.45) is 0 Å². The van der Waals surface area contributed by atoms with Crippen molar-refractivity contribution in [1.82, 2.24) is 4.98 Å². The first-order chi connectivity index (χ1) is 6.61. The maximum Gasteiger partial charge on any atom is 0.136 e. The summed E-state index contributed by atoms with van der Waals surface area (Å²) in [5.41, 5.74) is 7.76. The molecule has 0 aliphatic rings. The molecule has 0 bridgehead atoms. The molecule has 0 amide bonds. The molecule has 0 radical (unpaired) electrons. The van der Waals surface area contributed by atoms with Crippen LogP contribution in [0.3, 0.4) is 0 Å². The van der Waals surface area contributed by atoms with E-state index in [1.165, 1.54) is 0 Å². The predicted molar refractivity (Wildman–Crippen MR) is 63.6 cm³/mol. The van der Waals surface area contributed by atoms with Crippen molar-refractivity contribution in [3.05, 3.63) is 33.5 Å². The highest BCUT2D eigenvalue weighted by Gasteiger charge is 2.08. The topological polar surface area (TPSA) is 38.9 Å². The van der Waals surface area contributed by atoms with E-state index in [9.17, 15) is 0 Å². The molecule has 2 aromatic rings. The number of anilines is 1. The molecule has 0 spiro atoms. The van der Waals surface area contributed by atoms with E-state index >= 15 is 0 Å². The Kier molecular flexibility index (Phi) is 2.37. The lowest BCUT2D eigenvalue weighted by Gasteiger charge is -2.07. The molecule has 2 rings (SSSR count).